The van der Waals surface area contributed by atoms with Gasteiger partial charge in [-0.05, 0) is 24.1 Å². The highest BCUT2D eigenvalue weighted by atomic mass is 19.4. The normalized spacial score (nSPS) is 17.9. The molecule has 2 aromatic carbocycles. The highest BCUT2D eigenvalue weighted by molar-refractivity contribution is 5.76. The molecule has 0 N–H and O–H groups in total. The second kappa shape index (κ2) is 15.5. The highest BCUT2D eigenvalue weighted by Gasteiger charge is 2.40. The number of amides is 1. The summed E-state index contributed by atoms with van der Waals surface area (Å²) in [6.45, 7) is 0.512. The van der Waals surface area contributed by atoms with Crippen LogP contribution in [0.1, 0.15) is 36.0 Å². The van der Waals surface area contributed by atoms with Crippen molar-refractivity contribution in [1.29, 1.82) is 0 Å². The first kappa shape index (κ1) is 38.2. The molecule has 1 amide bonds. The van der Waals surface area contributed by atoms with Gasteiger partial charge in [0.2, 0.25) is 11.9 Å². The van der Waals surface area contributed by atoms with E-state index < -0.39 is 52.8 Å². The van der Waals surface area contributed by atoms with Gasteiger partial charge >= 0.3 is 12.4 Å². The monoisotopic (exact) mass is 767 g/mol. The predicted octanol–water partition coefficient (Wildman–Crippen LogP) is 5.56. The quantitative estimate of drug-likeness (QED) is 0.192. The van der Waals surface area contributed by atoms with E-state index in [-0.39, 0.29) is 82.0 Å². The number of methoxy groups -OCH3 is 1. The molecule has 0 unspecified atom stereocenters. The van der Waals surface area contributed by atoms with Crippen LogP contribution in [-0.2, 0) is 23.7 Å². The van der Waals surface area contributed by atoms with Crippen LogP contribution in [0.15, 0.2) is 65.7 Å². The molecule has 288 valence electrons. The first-order valence-corrected chi connectivity index (χ1v) is 16.7. The van der Waals surface area contributed by atoms with E-state index in [4.69, 9.17) is 9.47 Å². The molecule has 0 aliphatic carbocycles. The first-order chi connectivity index (χ1) is 25.6. The van der Waals surface area contributed by atoms with Crippen LogP contribution in [0.3, 0.4) is 0 Å². The van der Waals surface area contributed by atoms with Crippen molar-refractivity contribution < 1.29 is 49.4 Å². The van der Waals surface area contributed by atoms with E-state index in [1.165, 1.54) is 12.0 Å². The number of alkyl halides is 6. The number of nitrogens with zero attached hydrogens (tertiary/aromatic N) is 7. The Balaban J connectivity index is 1.21. The molecule has 0 bridgehead atoms. The summed E-state index contributed by atoms with van der Waals surface area (Å²) in [4.78, 5) is 38.7. The van der Waals surface area contributed by atoms with Crippen LogP contribution in [0.4, 0.5) is 46.9 Å². The predicted molar refractivity (Wildman–Crippen MR) is 177 cm³/mol. The number of carbonyl (C=O) groups excluding carboxylic acids is 1. The van der Waals surface area contributed by atoms with E-state index in [2.05, 4.69) is 15.1 Å². The van der Waals surface area contributed by atoms with Gasteiger partial charge in [0.25, 0.3) is 5.56 Å². The molecule has 2 aromatic heterocycles. The molecule has 2 atom stereocenters. The zero-order chi connectivity index (χ0) is 38.8. The van der Waals surface area contributed by atoms with Crippen LogP contribution in [0, 0.1) is 11.6 Å². The van der Waals surface area contributed by atoms with E-state index in [0.717, 1.165) is 12.1 Å². The van der Waals surface area contributed by atoms with Crippen molar-refractivity contribution in [1.82, 2.24) is 24.6 Å². The topological polar surface area (TPSA) is 106 Å². The minimum atomic E-state index is -5.04. The lowest BCUT2D eigenvalue weighted by Gasteiger charge is -2.35. The lowest BCUT2D eigenvalue weighted by Crippen LogP contribution is -2.49. The minimum Gasteiger partial charge on any atom is -0.497 e. The number of aromatic nitrogens is 4. The summed E-state index contributed by atoms with van der Waals surface area (Å²) < 4.78 is 121. The van der Waals surface area contributed by atoms with Crippen LogP contribution < -0.4 is 24.8 Å². The molecule has 0 saturated carbocycles. The van der Waals surface area contributed by atoms with Crippen LogP contribution in [0.25, 0.3) is 0 Å². The fraction of sp³-hybridized carbons (Fsp3) is 0.400. The summed E-state index contributed by atoms with van der Waals surface area (Å²) in [5.41, 5.74) is -3.34. The van der Waals surface area contributed by atoms with Crippen molar-refractivity contribution in [3.63, 3.8) is 0 Å². The number of hydrogen-bond acceptors (Lipinski definition) is 9. The van der Waals surface area contributed by atoms with Crippen molar-refractivity contribution in [2.75, 3.05) is 49.6 Å². The Labute approximate surface area is 302 Å². The van der Waals surface area contributed by atoms with Gasteiger partial charge in [-0.3, -0.25) is 9.59 Å². The van der Waals surface area contributed by atoms with Crippen molar-refractivity contribution in [3.05, 3.63) is 99.6 Å². The molecule has 11 nitrogen and oxygen atoms in total. The van der Waals surface area contributed by atoms with Gasteiger partial charge in [-0.1, -0.05) is 12.1 Å². The number of halogens is 8. The van der Waals surface area contributed by atoms with Crippen LogP contribution >= 0.6 is 0 Å². The maximum atomic E-state index is 14.3. The molecule has 19 heteroatoms. The highest BCUT2D eigenvalue weighted by Crippen LogP contribution is 2.34. The third-order valence-corrected chi connectivity index (χ3v) is 9.14. The molecule has 0 spiro atoms. The minimum absolute atomic E-state index is 0.0587. The van der Waals surface area contributed by atoms with Crippen LogP contribution in [0.2, 0.25) is 0 Å². The summed E-state index contributed by atoms with van der Waals surface area (Å²) >= 11 is 0. The van der Waals surface area contributed by atoms with Crippen LogP contribution in [0.5, 0.6) is 11.5 Å². The molecule has 2 saturated heterocycles. The van der Waals surface area contributed by atoms with E-state index in [9.17, 15) is 44.7 Å². The van der Waals surface area contributed by atoms with Gasteiger partial charge in [0.15, 0.2) is 0 Å². The Morgan fingerprint density at radius 1 is 0.870 bits per heavy atom. The zero-order valence-corrected chi connectivity index (χ0v) is 28.6. The van der Waals surface area contributed by atoms with Gasteiger partial charge in [-0.25, -0.2) is 23.4 Å². The van der Waals surface area contributed by atoms with E-state index >= 15 is 0 Å². The fourth-order valence-electron chi connectivity index (χ4n) is 6.42. The smallest absolute Gasteiger partial charge is 0.421 e. The summed E-state index contributed by atoms with van der Waals surface area (Å²) in [6, 6.07) is 8.92. The van der Waals surface area contributed by atoms with E-state index in [1.807, 2.05) is 0 Å². The third kappa shape index (κ3) is 8.99. The number of rotatable bonds is 10. The summed E-state index contributed by atoms with van der Waals surface area (Å²) in [7, 11) is 1.45. The number of ether oxygens (including phenoxy) is 2. The molecular weight excluding hydrogens is 734 g/mol. The maximum Gasteiger partial charge on any atom is 0.421 e. The third-order valence-electron chi connectivity index (χ3n) is 9.14. The van der Waals surface area contributed by atoms with Crippen molar-refractivity contribution in [2.45, 2.75) is 50.3 Å². The van der Waals surface area contributed by atoms with Gasteiger partial charge in [0, 0.05) is 81.7 Å². The molecule has 2 aliphatic rings. The van der Waals surface area contributed by atoms with Crippen molar-refractivity contribution in [2.24, 2.45) is 0 Å². The Kier molecular flexibility index (Phi) is 11.0. The molecule has 54 heavy (non-hydrogen) atoms. The number of carbonyl (C=O) groups is 1. The molecule has 4 aromatic rings. The number of piperazine rings is 1. The zero-order valence-electron chi connectivity index (χ0n) is 28.6. The fourth-order valence-corrected chi connectivity index (χ4v) is 6.42. The van der Waals surface area contributed by atoms with Gasteiger partial charge in [0.05, 0.1) is 25.8 Å². The SMILES string of the molecule is COc1ccc(Cn2nc(N3C[C@@H](Oc4cc(F)cc(F)c4)C[C@H]3CCC(=O)N3CCN(c4ncc(C(F)(F)F)cn4)CC3)cc(C(F)(F)F)c2=O)cc1. The second-order valence-electron chi connectivity index (χ2n) is 12.8. The Bertz CT molecular complexity index is 1980. The first-order valence-electron chi connectivity index (χ1n) is 16.7. The Morgan fingerprint density at radius 2 is 1.52 bits per heavy atom. The van der Waals surface area contributed by atoms with E-state index in [1.54, 1.807) is 34.1 Å². The molecule has 0 radical (unpaired) electrons. The lowest BCUT2D eigenvalue weighted by atomic mass is 10.1. The van der Waals surface area contributed by atoms with Gasteiger partial charge in [0.1, 0.15) is 40.6 Å². The molecule has 4 heterocycles. The maximum absolute atomic E-state index is 14.3. The largest absolute Gasteiger partial charge is 0.497 e. The molecule has 2 fully saturated rings. The number of anilines is 2. The van der Waals surface area contributed by atoms with Gasteiger partial charge in [-0.15, -0.1) is 0 Å². The number of benzene rings is 2. The van der Waals surface area contributed by atoms with Gasteiger partial charge in [-0.2, -0.15) is 31.4 Å². The molecule has 6 rings (SSSR count). The van der Waals surface area contributed by atoms with Gasteiger partial charge < -0.3 is 24.2 Å². The lowest BCUT2D eigenvalue weighted by molar-refractivity contribution is -0.139. The molecular formula is C35H33F8N7O4. The number of hydrogen-bond donors (Lipinski definition) is 0. The Morgan fingerprint density at radius 3 is 2.11 bits per heavy atom. The summed E-state index contributed by atoms with van der Waals surface area (Å²) in [6.07, 6.45) is -8.86. The summed E-state index contributed by atoms with van der Waals surface area (Å²) in [5, 5.41) is 4.31. The van der Waals surface area contributed by atoms with Crippen LogP contribution in [-0.4, -0.2) is 82.5 Å². The average molecular weight is 768 g/mol. The van der Waals surface area contributed by atoms with Crippen molar-refractivity contribution >= 4 is 17.7 Å². The molecule has 2 aliphatic heterocycles. The van der Waals surface area contributed by atoms with E-state index in [0.29, 0.717) is 40.5 Å². The summed E-state index contributed by atoms with van der Waals surface area (Å²) in [5.74, 6) is -1.85. The standard InChI is InChI=1S/C35H33F8N7O4/c1-53-26-5-2-21(3-6-26)19-50-32(52)29(35(41,42)43)16-30(46-50)49-20-28(54-27-13-23(36)12-24(37)14-27)15-25(49)4-7-31(51)47-8-10-48(11-9-47)33-44-17-22(18-45-33)34(38,39)40/h2-3,5-6,12-14,16-18,25,28H,4,7-11,15,19-20H2,1H3/t25-,28+/m1/s1. The second-order valence-corrected chi connectivity index (χ2v) is 12.8. The Hall–Kier alpha value is -5.49. The van der Waals surface area contributed by atoms with Crippen molar-refractivity contribution in [3.8, 4) is 11.5 Å². The average Bonchev–Trinajstić information content (AvgIpc) is 3.52.